The van der Waals surface area contributed by atoms with Crippen LogP contribution in [0.2, 0.25) is 0 Å². The molecule has 2 heterocycles. The SMILES string of the molecule is O=[N+]([O-])c1ccc2nc(NC3CCN(Cc4ccc(F)c(F)c4)CC3)sc2c1. The van der Waals surface area contributed by atoms with Gasteiger partial charge in [-0.2, -0.15) is 0 Å². The Balaban J connectivity index is 1.34. The predicted molar refractivity (Wildman–Crippen MR) is 105 cm³/mol. The van der Waals surface area contributed by atoms with E-state index in [1.54, 1.807) is 18.2 Å². The first kappa shape index (κ1) is 18.7. The van der Waals surface area contributed by atoms with Crippen molar-refractivity contribution >= 4 is 32.4 Å². The summed E-state index contributed by atoms with van der Waals surface area (Å²) < 4.78 is 27.2. The molecule has 0 radical (unpaired) electrons. The largest absolute Gasteiger partial charge is 0.359 e. The van der Waals surface area contributed by atoms with Crippen molar-refractivity contribution in [3.05, 3.63) is 63.7 Å². The first-order valence-corrected chi connectivity index (χ1v) is 9.77. The minimum absolute atomic E-state index is 0.0632. The fourth-order valence-electron chi connectivity index (χ4n) is 3.39. The van der Waals surface area contributed by atoms with Crippen LogP contribution in [0.3, 0.4) is 0 Å². The van der Waals surface area contributed by atoms with Gasteiger partial charge >= 0.3 is 0 Å². The van der Waals surface area contributed by atoms with Crippen molar-refractivity contribution in [3.63, 3.8) is 0 Å². The van der Waals surface area contributed by atoms with E-state index >= 15 is 0 Å². The minimum atomic E-state index is -0.826. The molecule has 1 aliphatic heterocycles. The summed E-state index contributed by atoms with van der Waals surface area (Å²) in [5, 5.41) is 15.1. The third-order valence-corrected chi connectivity index (χ3v) is 5.84. The quantitative estimate of drug-likeness (QED) is 0.499. The van der Waals surface area contributed by atoms with Gasteiger partial charge in [0.1, 0.15) is 0 Å². The van der Waals surface area contributed by atoms with Crippen molar-refractivity contribution in [2.45, 2.75) is 25.4 Å². The maximum atomic E-state index is 13.3. The monoisotopic (exact) mass is 404 g/mol. The maximum absolute atomic E-state index is 13.3. The van der Waals surface area contributed by atoms with Gasteiger partial charge in [-0.3, -0.25) is 15.0 Å². The van der Waals surface area contributed by atoms with Crippen LogP contribution in [-0.4, -0.2) is 33.9 Å². The zero-order valence-electron chi connectivity index (χ0n) is 14.9. The number of nitro groups is 1. The highest BCUT2D eigenvalue weighted by atomic mass is 32.1. The predicted octanol–water partition coefficient (Wildman–Crippen LogP) is 4.56. The van der Waals surface area contributed by atoms with E-state index in [1.807, 2.05) is 0 Å². The molecular formula is C19H18F2N4O2S. The molecule has 0 unspecified atom stereocenters. The molecule has 1 saturated heterocycles. The van der Waals surface area contributed by atoms with Gasteiger partial charge in [-0.1, -0.05) is 17.4 Å². The Morgan fingerprint density at radius 2 is 1.96 bits per heavy atom. The van der Waals surface area contributed by atoms with Crippen LogP contribution in [0.25, 0.3) is 10.2 Å². The van der Waals surface area contributed by atoms with Gasteiger partial charge in [0, 0.05) is 37.8 Å². The van der Waals surface area contributed by atoms with Crippen molar-refractivity contribution in [3.8, 4) is 0 Å². The first-order valence-electron chi connectivity index (χ1n) is 8.96. The Morgan fingerprint density at radius 1 is 1.18 bits per heavy atom. The van der Waals surface area contributed by atoms with E-state index < -0.39 is 16.6 Å². The molecule has 0 saturated carbocycles. The standard InChI is InChI=1S/C19H18F2N4O2S/c20-15-3-1-12(9-16(15)21)11-24-7-5-13(6-8-24)22-19-23-17-4-2-14(25(26)27)10-18(17)28-19/h1-4,9-10,13H,5-8,11H2,(H,22,23). The number of fused-ring (bicyclic) bond motifs is 1. The van der Waals surface area contributed by atoms with Crippen molar-refractivity contribution in [2.24, 2.45) is 0 Å². The van der Waals surface area contributed by atoms with Gasteiger partial charge in [0.2, 0.25) is 0 Å². The van der Waals surface area contributed by atoms with Crippen molar-refractivity contribution < 1.29 is 13.7 Å². The number of hydrogen-bond acceptors (Lipinski definition) is 6. The van der Waals surface area contributed by atoms with E-state index in [2.05, 4.69) is 15.2 Å². The molecular weight excluding hydrogens is 386 g/mol. The van der Waals surface area contributed by atoms with E-state index in [-0.39, 0.29) is 11.7 Å². The molecule has 2 aromatic carbocycles. The number of aromatic nitrogens is 1. The minimum Gasteiger partial charge on any atom is -0.359 e. The highest BCUT2D eigenvalue weighted by Gasteiger charge is 2.21. The van der Waals surface area contributed by atoms with E-state index in [0.717, 1.165) is 52.9 Å². The smallest absolute Gasteiger partial charge is 0.270 e. The average Bonchev–Trinajstić information content (AvgIpc) is 3.07. The third-order valence-electron chi connectivity index (χ3n) is 4.89. The molecule has 1 aliphatic rings. The second kappa shape index (κ2) is 7.76. The van der Waals surface area contributed by atoms with E-state index in [1.165, 1.54) is 23.5 Å². The molecule has 146 valence electrons. The lowest BCUT2D eigenvalue weighted by Gasteiger charge is -2.32. The second-order valence-corrected chi connectivity index (χ2v) is 7.90. The van der Waals surface area contributed by atoms with Gasteiger partial charge < -0.3 is 5.32 Å². The number of benzene rings is 2. The summed E-state index contributed by atoms with van der Waals surface area (Å²) in [6.45, 7) is 2.27. The summed E-state index contributed by atoms with van der Waals surface area (Å²) in [6, 6.07) is 8.96. The zero-order chi connectivity index (χ0) is 19.7. The fraction of sp³-hybridized carbons (Fsp3) is 0.316. The summed E-state index contributed by atoms with van der Waals surface area (Å²) in [6.07, 6.45) is 1.81. The van der Waals surface area contributed by atoms with Crippen LogP contribution >= 0.6 is 11.3 Å². The lowest BCUT2D eigenvalue weighted by Crippen LogP contribution is -2.38. The number of rotatable bonds is 5. The number of anilines is 1. The Hall–Kier alpha value is -2.65. The third kappa shape index (κ3) is 4.10. The zero-order valence-corrected chi connectivity index (χ0v) is 15.7. The van der Waals surface area contributed by atoms with Gasteiger partial charge in [-0.25, -0.2) is 13.8 Å². The van der Waals surface area contributed by atoms with Crippen molar-refractivity contribution in [1.29, 1.82) is 0 Å². The lowest BCUT2D eigenvalue weighted by atomic mass is 10.0. The number of piperidine rings is 1. The molecule has 9 heteroatoms. The van der Waals surface area contributed by atoms with Gasteiger partial charge in [-0.05, 0) is 36.6 Å². The Morgan fingerprint density at radius 3 is 2.68 bits per heavy atom. The molecule has 4 rings (SSSR count). The number of halogens is 2. The lowest BCUT2D eigenvalue weighted by molar-refractivity contribution is -0.384. The number of non-ortho nitro benzene ring substituents is 1. The number of thiazole rings is 1. The summed E-state index contributed by atoms with van der Waals surface area (Å²) in [5.41, 5.74) is 1.57. The summed E-state index contributed by atoms with van der Waals surface area (Å²) in [7, 11) is 0. The van der Waals surface area contributed by atoms with Crippen LogP contribution in [0.1, 0.15) is 18.4 Å². The molecule has 3 aromatic rings. The Labute approximate surface area is 164 Å². The first-order chi connectivity index (χ1) is 13.5. The highest BCUT2D eigenvalue weighted by molar-refractivity contribution is 7.22. The van der Waals surface area contributed by atoms with Crippen LogP contribution in [0.5, 0.6) is 0 Å². The topological polar surface area (TPSA) is 71.3 Å². The number of nitrogens with one attached hydrogen (secondary N) is 1. The van der Waals surface area contributed by atoms with Crippen LogP contribution in [-0.2, 0) is 6.54 Å². The highest BCUT2D eigenvalue weighted by Crippen LogP contribution is 2.30. The van der Waals surface area contributed by atoms with Gasteiger partial charge in [0.15, 0.2) is 16.8 Å². The molecule has 0 atom stereocenters. The number of nitro benzene ring substituents is 1. The van der Waals surface area contributed by atoms with Gasteiger partial charge in [-0.15, -0.1) is 0 Å². The molecule has 0 aliphatic carbocycles. The van der Waals surface area contributed by atoms with Crippen LogP contribution in [0, 0.1) is 21.7 Å². The Kier molecular flexibility index (Phi) is 5.19. The van der Waals surface area contributed by atoms with Gasteiger partial charge in [0.05, 0.1) is 15.1 Å². The molecule has 0 amide bonds. The average molecular weight is 404 g/mol. The van der Waals surface area contributed by atoms with E-state index in [9.17, 15) is 18.9 Å². The van der Waals surface area contributed by atoms with Crippen molar-refractivity contribution in [1.82, 2.24) is 9.88 Å². The summed E-state index contributed by atoms with van der Waals surface area (Å²) in [5.74, 6) is -1.64. The van der Waals surface area contributed by atoms with Crippen LogP contribution in [0.15, 0.2) is 36.4 Å². The molecule has 6 nitrogen and oxygen atoms in total. The molecule has 1 aromatic heterocycles. The molecule has 0 spiro atoms. The second-order valence-electron chi connectivity index (χ2n) is 6.87. The number of hydrogen-bond donors (Lipinski definition) is 1. The van der Waals surface area contributed by atoms with Crippen LogP contribution in [0.4, 0.5) is 19.6 Å². The summed E-state index contributed by atoms with van der Waals surface area (Å²) in [4.78, 5) is 17.2. The number of likely N-dealkylation sites (tertiary alicyclic amines) is 1. The Bertz CT molecular complexity index is 1020. The van der Waals surface area contributed by atoms with Crippen LogP contribution < -0.4 is 5.32 Å². The molecule has 28 heavy (non-hydrogen) atoms. The van der Waals surface area contributed by atoms with E-state index in [0.29, 0.717) is 6.54 Å². The normalized spacial score (nSPS) is 15.8. The molecule has 1 N–H and O–H groups in total. The molecule has 0 bridgehead atoms. The van der Waals surface area contributed by atoms with Gasteiger partial charge in [0.25, 0.3) is 5.69 Å². The maximum Gasteiger partial charge on any atom is 0.270 e. The number of nitrogens with zero attached hydrogens (tertiary/aromatic N) is 3. The van der Waals surface area contributed by atoms with E-state index in [4.69, 9.17) is 0 Å². The molecule has 1 fully saturated rings. The fourth-order valence-corrected chi connectivity index (χ4v) is 4.37. The van der Waals surface area contributed by atoms with Crippen molar-refractivity contribution in [2.75, 3.05) is 18.4 Å². The summed E-state index contributed by atoms with van der Waals surface area (Å²) >= 11 is 1.41.